The molecule has 2 aromatic heterocycles. The maximum Gasteiger partial charge on any atom is 0.231 e. The second-order valence-electron chi connectivity index (χ2n) is 5.54. The van der Waals surface area contributed by atoms with Crippen molar-refractivity contribution >= 4 is 32.6 Å². The summed E-state index contributed by atoms with van der Waals surface area (Å²) in [6.07, 6.45) is 6.17. The molecule has 0 radical (unpaired) electrons. The highest BCUT2D eigenvalue weighted by Crippen LogP contribution is 2.28. The first-order valence-corrected chi connectivity index (χ1v) is 8.27. The zero-order chi connectivity index (χ0) is 16.5. The Morgan fingerprint density at radius 3 is 3.12 bits per heavy atom. The Morgan fingerprint density at radius 2 is 2.38 bits per heavy atom. The van der Waals surface area contributed by atoms with Crippen molar-refractivity contribution in [3.63, 3.8) is 0 Å². The number of carbonyl (C=O) groups excluding carboxylic acids is 1. The largest absolute Gasteiger partial charge is 0.310 e. The summed E-state index contributed by atoms with van der Waals surface area (Å²) in [4.78, 5) is 18.4. The molecule has 1 aromatic carbocycles. The highest BCUT2D eigenvalue weighted by Gasteiger charge is 2.28. The number of anilines is 1. The molecule has 24 heavy (non-hydrogen) atoms. The summed E-state index contributed by atoms with van der Waals surface area (Å²) in [6.45, 7) is 1.11. The SMILES string of the molecule is N#CN1CC[C@H](C(=O)Nc2nc3ccc(-n4ccnn4)cc3s2)C1. The van der Waals surface area contributed by atoms with Gasteiger partial charge >= 0.3 is 0 Å². The molecule has 0 unspecified atom stereocenters. The lowest BCUT2D eigenvalue weighted by Gasteiger charge is -2.08. The van der Waals surface area contributed by atoms with Crippen molar-refractivity contribution in [1.29, 1.82) is 5.26 Å². The van der Waals surface area contributed by atoms with Crippen molar-refractivity contribution in [3.8, 4) is 11.9 Å². The van der Waals surface area contributed by atoms with Crippen molar-refractivity contribution in [1.82, 2.24) is 24.9 Å². The standard InChI is InChI=1S/C15H13N7OS/c16-9-21-5-3-10(8-21)14(23)19-15-18-12-2-1-11(7-13(12)24-15)22-6-4-17-20-22/h1-2,4,6-7,10H,3,5,8H2,(H,18,19,23)/t10-/m0/s1. The van der Waals surface area contributed by atoms with Crippen LogP contribution in [0.2, 0.25) is 0 Å². The van der Waals surface area contributed by atoms with E-state index in [2.05, 4.69) is 26.8 Å². The number of nitrogens with one attached hydrogen (secondary N) is 1. The minimum absolute atomic E-state index is 0.0803. The Bertz CT molecular complexity index is 927. The normalized spacial score (nSPS) is 17.1. The molecule has 0 aliphatic carbocycles. The van der Waals surface area contributed by atoms with E-state index in [1.807, 2.05) is 18.2 Å². The van der Waals surface area contributed by atoms with E-state index in [0.717, 1.165) is 15.9 Å². The minimum Gasteiger partial charge on any atom is -0.310 e. The first-order chi connectivity index (χ1) is 11.7. The van der Waals surface area contributed by atoms with E-state index in [0.29, 0.717) is 24.6 Å². The number of nitriles is 1. The quantitative estimate of drug-likeness (QED) is 0.728. The summed E-state index contributed by atoms with van der Waals surface area (Å²) in [7, 11) is 0. The fourth-order valence-electron chi connectivity index (χ4n) is 2.73. The smallest absolute Gasteiger partial charge is 0.231 e. The highest BCUT2D eigenvalue weighted by molar-refractivity contribution is 7.22. The second-order valence-corrected chi connectivity index (χ2v) is 6.57. The van der Waals surface area contributed by atoms with Crippen LogP contribution < -0.4 is 5.32 Å². The first kappa shape index (κ1) is 14.6. The van der Waals surface area contributed by atoms with Gasteiger partial charge in [-0.1, -0.05) is 16.6 Å². The summed E-state index contributed by atoms with van der Waals surface area (Å²) in [5.41, 5.74) is 1.71. The first-order valence-electron chi connectivity index (χ1n) is 7.46. The third kappa shape index (κ3) is 2.68. The summed E-state index contributed by atoms with van der Waals surface area (Å²) >= 11 is 1.42. The molecule has 1 aliphatic heterocycles. The van der Waals surface area contributed by atoms with Crippen LogP contribution in [0.15, 0.2) is 30.6 Å². The Balaban J connectivity index is 1.53. The molecule has 9 heteroatoms. The van der Waals surface area contributed by atoms with Crippen LogP contribution in [-0.4, -0.2) is 43.9 Å². The maximum atomic E-state index is 12.3. The summed E-state index contributed by atoms with van der Waals surface area (Å²) in [5.74, 6) is -0.245. The Labute approximate surface area is 141 Å². The van der Waals surface area contributed by atoms with Gasteiger partial charge in [0, 0.05) is 13.1 Å². The van der Waals surface area contributed by atoms with E-state index in [4.69, 9.17) is 5.26 Å². The van der Waals surface area contributed by atoms with Crippen molar-refractivity contribution in [3.05, 3.63) is 30.6 Å². The van der Waals surface area contributed by atoms with Crippen LogP contribution >= 0.6 is 11.3 Å². The number of likely N-dealkylation sites (tertiary alicyclic amines) is 1. The van der Waals surface area contributed by atoms with Gasteiger partial charge in [0.15, 0.2) is 11.3 Å². The molecule has 120 valence electrons. The highest BCUT2D eigenvalue weighted by atomic mass is 32.1. The van der Waals surface area contributed by atoms with Gasteiger partial charge in [-0.05, 0) is 24.6 Å². The van der Waals surface area contributed by atoms with Gasteiger partial charge in [0.25, 0.3) is 0 Å². The zero-order valence-electron chi connectivity index (χ0n) is 12.6. The van der Waals surface area contributed by atoms with E-state index in [-0.39, 0.29) is 11.8 Å². The molecule has 0 saturated carbocycles. The second kappa shape index (κ2) is 5.90. The number of thiazole rings is 1. The summed E-state index contributed by atoms with van der Waals surface area (Å²) in [5, 5.41) is 20.1. The number of nitrogens with zero attached hydrogens (tertiary/aromatic N) is 6. The van der Waals surface area contributed by atoms with Crippen LogP contribution in [0, 0.1) is 17.4 Å². The number of fused-ring (bicyclic) bond motifs is 1. The fraction of sp³-hybridized carbons (Fsp3) is 0.267. The average Bonchev–Trinajstić information content (AvgIpc) is 3.33. The molecule has 1 N–H and O–H groups in total. The lowest BCUT2D eigenvalue weighted by molar-refractivity contribution is -0.119. The van der Waals surface area contributed by atoms with E-state index in [9.17, 15) is 4.79 Å². The molecule has 3 heterocycles. The molecule has 1 amide bonds. The average molecular weight is 339 g/mol. The van der Waals surface area contributed by atoms with Crippen molar-refractivity contribution < 1.29 is 4.79 Å². The van der Waals surface area contributed by atoms with Crippen molar-refractivity contribution in [2.45, 2.75) is 6.42 Å². The molecule has 0 spiro atoms. The van der Waals surface area contributed by atoms with Crippen molar-refractivity contribution in [2.75, 3.05) is 18.4 Å². The number of carbonyl (C=O) groups is 1. The maximum absolute atomic E-state index is 12.3. The van der Waals surface area contributed by atoms with E-state index in [1.54, 1.807) is 22.0 Å². The lowest BCUT2D eigenvalue weighted by Crippen LogP contribution is -2.25. The molecule has 4 rings (SSSR count). The number of aromatic nitrogens is 4. The number of amides is 1. The third-order valence-corrected chi connectivity index (χ3v) is 4.92. The molecule has 0 bridgehead atoms. The molecular formula is C15H13N7OS. The van der Waals surface area contributed by atoms with E-state index >= 15 is 0 Å². The van der Waals surface area contributed by atoms with Gasteiger partial charge in [-0.3, -0.25) is 4.79 Å². The number of hydrogen-bond donors (Lipinski definition) is 1. The molecule has 8 nitrogen and oxygen atoms in total. The van der Waals surface area contributed by atoms with Gasteiger partial charge in [0.05, 0.1) is 34.2 Å². The van der Waals surface area contributed by atoms with E-state index < -0.39 is 0 Å². The van der Waals surface area contributed by atoms with Crippen LogP contribution in [0.3, 0.4) is 0 Å². The van der Waals surface area contributed by atoms with Crippen LogP contribution in [0.1, 0.15) is 6.42 Å². The fourth-order valence-corrected chi connectivity index (χ4v) is 3.63. The number of benzene rings is 1. The van der Waals surface area contributed by atoms with Gasteiger partial charge in [0.1, 0.15) is 0 Å². The number of rotatable bonds is 3. The molecule has 1 fully saturated rings. The molecular weight excluding hydrogens is 326 g/mol. The molecule has 1 saturated heterocycles. The van der Waals surface area contributed by atoms with Gasteiger partial charge in [-0.2, -0.15) is 5.26 Å². The van der Waals surface area contributed by atoms with Crippen molar-refractivity contribution in [2.24, 2.45) is 5.92 Å². The predicted octanol–water partition coefficient (Wildman–Crippen LogP) is 1.62. The predicted molar refractivity (Wildman–Crippen MR) is 88.5 cm³/mol. The van der Waals surface area contributed by atoms with E-state index in [1.165, 1.54) is 11.3 Å². The van der Waals surface area contributed by atoms with Crippen LogP contribution in [0.5, 0.6) is 0 Å². The Kier molecular flexibility index (Phi) is 3.59. The van der Waals surface area contributed by atoms with Gasteiger partial charge < -0.3 is 10.2 Å². The zero-order valence-corrected chi connectivity index (χ0v) is 13.4. The van der Waals surface area contributed by atoms with Gasteiger partial charge in [-0.25, -0.2) is 9.67 Å². The Morgan fingerprint density at radius 1 is 1.46 bits per heavy atom. The Hall–Kier alpha value is -2.99. The number of hydrogen-bond acceptors (Lipinski definition) is 7. The van der Waals surface area contributed by atoms with Crippen LogP contribution in [0.4, 0.5) is 5.13 Å². The van der Waals surface area contributed by atoms with Gasteiger partial charge in [-0.15, -0.1) is 5.10 Å². The monoisotopic (exact) mass is 339 g/mol. The summed E-state index contributed by atoms with van der Waals surface area (Å²) < 4.78 is 2.63. The molecule has 3 aromatic rings. The van der Waals surface area contributed by atoms with Crippen LogP contribution in [-0.2, 0) is 4.79 Å². The molecule has 1 aliphatic rings. The lowest BCUT2D eigenvalue weighted by atomic mass is 10.1. The van der Waals surface area contributed by atoms with Gasteiger partial charge in [0.2, 0.25) is 5.91 Å². The van der Waals surface area contributed by atoms with Crippen LogP contribution in [0.25, 0.3) is 15.9 Å². The topological polar surface area (TPSA) is 99.7 Å². The molecule has 1 atom stereocenters. The third-order valence-electron chi connectivity index (χ3n) is 3.99. The summed E-state index contributed by atoms with van der Waals surface area (Å²) in [6, 6.07) is 5.76. The minimum atomic E-state index is -0.164.